The van der Waals surface area contributed by atoms with Crippen LogP contribution in [0.2, 0.25) is 0 Å². The first-order valence-corrected chi connectivity index (χ1v) is 5.68. The molecular formula is C10H14N4S. The summed E-state index contributed by atoms with van der Waals surface area (Å²) < 4.78 is 1.98. The molecule has 5 heteroatoms. The Hall–Kier alpha value is -1.20. The van der Waals surface area contributed by atoms with Crippen molar-refractivity contribution in [2.24, 2.45) is 12.8 Å². The summed E-state index contributed by atoms with van der Waals surface area (Å²) in [5.41, 5.74) is 6.50. The Morgan fingerprint density at radius 3 is 2.93 bits per heavy atom. The van der Waals surface area contributed by atoms with Crippen molar-refractivity contribution in [2.45, 2.75) is 13.3 Å². The number of nitrogens with zero attached hydrogens (tertiary/aromatic N) is 3. The van der Waals surface area contributed by atoms with Crippen molar-refractivity contribution < 1.29 is 0 Å². The number of aryl methyl sites for hydroxylation is 2. The Bertz CT molecular complexity index is 458. The molecule has 0 spiro atoms. The van der Waals surface area contributed by atoms with Gasteiger partial charge in [0.25, 0.3) is 0 Å². The van der Waals surface area contributed by atoms with Crippen LogP contribution in [0.1, 0.15) is 9.88 Å². The molecule has 0 saturated heterocycles. The summed E-state index contributed by atoms with van der Waals surface area (Å²) in [5.74, 6) is 0.923. The van der Waals surface area contributed by atoms with Crippen LogP contribution in [-0.4, -0.2) is 21.1 Å². The Morgan fingerprint density at radius 2 is 2.33 bits per heavy atom. The van der Waals surface area contributed by atoms with Crippen molar-refractivity contribution >= 4 is 11.3 Å². The summed E-state index contributed by atoms with van der Waals surface area (Å²) in [6.07, 6.45) is 4.56. The third-order valence-corrected chi connectivity index (χ3v) is 3.26. The fraction of sp³-hybridized carbons (Fsp3) is 0.400. The largest absolute Gasteiger partial charge is 0.333 e. The van der Waals surface area contributed by atoms with E-state index < -0.39 is 0 Å². The van der Waals surface area contributed by atoms with Crippen LogP contribution < -0.4 is 5.73 Å². The molecule has 80 valence electrons. The smallest absolute Gasteiger partial charge is 0.159 e. The molecule has 0 aromatic carbocycles. The summed E-state index contributed by atoms with van der Waals surface area (Å²) >= 11 is 1.70. The summed E-state index contributed by atoms with van der Waals surface area (Å²) in [5, 5.41) is 1.09. The molecule has 0 fully saturated rings. The van der Waals surface area contributed by atoms with Crippen LogP contribution in [0, 0.1) is 6.92 Å². The summed E-state index contributed by atoms with van der Waals surface area (Å²) in [6.45, 7) is 2.72. The van der Waals surface area contributed by atoms with E-state index in [0.29, 0.717) is 6.54 Å². The van der Waals surface area contributed by atoms with Gasteiger partial charge >= 0.3 is 0 Å². The van der Waals surface area contributed by atoms with Crippen LogP contribution in [0.3, 0.4) is 0 Å². The van der Waals surface area contributed by atoms with E-state index >= 15 is 0 Å². The summed E-state index contributed by atoms with van der Waals surface area (Å²) in [6, 6.07) is 0. The molecule has 2 rings (SSSR count). The van der Waals surface area contributed by atoms with Gasteiger partial charge in [-0.25, -0.2) is 9.97 Å². The lowest BCUT2D eigenvalue weighted by Crippen LogP contribution is -2.02. The Labute approximate surface area is 92.8 Å². The zero-order valence-electron chi connectivity index (χ0n) is 8.90. The fourth-order valence-corrected chi connectivity index (χ4v) is 2.43. The van der Waals surface area contributed by atoms with Gasteiger partial charge in [0, 0.05) is 30.7 Å². The summed E-state index contributed by atoms with van der Waals surface area (Å²) in [4.78, 5) is 10.1. The normalized spacial score (nSPS) is 10.9. The second-order valence-corrected chi connectivity index (χ2v) is 4.70. The van der Waals surface area contributed by atoms with Gasteiger partial charge in [-0.2, -0.15) is 0 Å². The van der Waals surface area contributed by atoms with Crippen LogP contribution in [-0.2, 0) is 13.5 Å². The van der Waals surface area contributed by atoms with Crippen LogP contribution >= 0.6 is 11.3 Å². The number of aromatic nitrogens is 3. The highest BCUT2D eigenvalue weighted by Crippen LogP contribution is 2.25. The average molecular weight is 222 g/mol. The highest BCUT2D eigenvalue weighted by molar-refractivity contribution is 7.12. The van der Waals surface area contributed by atoms with Crippen molar-refractivity contribution in [1.82, 2.24) is 14.5 Å². The Balaban J connectivity index is 2.40. The number of imidazole rings is 1. The van der Waals surface area contributed by atoms with Gasteiger partial charge in [-0.3, -0.25) is 0 Å². The minimum Gasteiger partial charge on any atom is -0.333 e. The maximum atomic E-state index is 5.51. The van der Waals surface area contributed by atoms with Gasteiger partial charge in [-0.1, -0.05) is 0 Å². The highest BCUT2D eigenvalue weighted by atomic mass is 32.1. The minimum absolute atomic E-state index is 0.646. The van der Waals surface area contributed by atoms with Crippen molar-refractivity contribution in [3.05, 3.63) is 22.3 Å². The molecule has 0 atom stereocenters. The highest BCUT2D eigenvalue weighted by Gasteiger charge is 2.12. The second-order valence-electron chi connectivity index (χ2n) is 3.41. The molecule has 4 nitrogen and oxygen atoms in total. The molecule has 0 radical (unpaired) electrons. The molecule has 0 bridgehead atoms. The van der Waals surface area contributed by atoms with E-state index in [9.17, 15) is 0 Å². The van der Waals surface area contributed by atoms with Crippen LogP contribution in [0.4, 0.5) is 0 Å². The molecule has 0 saturated carbocycles. The second kappa shape index (κ2) is 4.12. The number of hydrogen-bond donors (Lipinski definition) is 1. The average Bonchev–Trinajstić information content (AvgIpc) is 2.73. The van der Waals surface area contributed by atoms with Gasteiger partial charge in [0.05, 0.1) is 5.01 Å². The van der Waals surface area contributed by atoms with Crippen molar-refractivity contribution in [1.29, 1.82) is 0 Å². The topological polar surface area (TPSA) is 56.7 Å². The zero-order valence-corrected chi connectivity index (χ0v) is 9.71. The van der Waals surface area contributed by atoms with Crippen LogP contribution in [0.25, 0.3) is 11.5 Å². The van der Waals surface area contributed by atoms with Gasteiger partial charge < -0.3 is 10.3 Å². The Morgan fingerprint density at radius 1 is 1.53 bits per heavy atom. The standard InChI is InChI=1S/C10H14N4S/c1-7-9(10-12-5-6-14(10)2)13-8(15-7)3-4-11/h5-6H,3-4,11H2,1-2H3. The quantitative estimate of drug-likeness (QED) is 0.853. The molecule has 0 unspecified atom stereocenters. The number of rotatable bonds is 3. The SMILES string of the molecule is Cc1sc(CCN)nc1-c1nccn1C. The molecule has 2 aromatic rings. The van der Waals surface area contributed by atoms with E-state index in [0.717, 1.165) is 22.9 Å². The van der Waals surface area contributed by atoms with E-state index in [2.05, 4.69) is 16.9 Å². The van der Waals surface area contributed by atoms with Crippen LogP contribution in [0.15, 0.2) is 12.4 Å². The lowest BCUT2D eigenvalue weighted by molar-refractivity contribution is 0.909. The molecule has 15 heavy (non-hydrogen) atoms. The van der Waals surface area contributed by atoms with Gasteiger partial charge in [-0.15, -0.1) is 11.3 Å². The molecule has 0 amide bonds. The van der Waals surface area contributed by atoms with E-state index in [1.54, 1.807) is 17.5 Å². The molecule has 2 heterocycles. The van der Waals surface area contributed by atoms with Gasteiger partial charge in [0.2, 0.25) is 0 Å². The lowest BCUT2D eigenvalue weighted by Gasteiger charge is -1.97. The van der Waals surface area contributed by atoms with E-state index in [4.69, 9.17) is 5.73 Å². The van der Waals surface area contributed by atoms with Crippen molar-refractivity contribution in [2.75, 3.05) is 6.54 Å². The third kappa shape index (κ3) is 1.93. The molecule has 2 aromatic heterocycles. The first-order chi connectivity index (χ1) is 7.22. The van der Waals surface area contributed by atoms with Gasteiger partial charge in [-0.05, 0) is 13.5 Å². The molecule has 0 aliphatic rings. The van der Waals surface area contributed by atoms with E-state index in [1.807, 2.05) is 17.8 Å². The number of hydrogen-bond acceptors (Lipinski definition) is 4. The van der Waals surface area contributed by atoms with Gasteiger partial charge in [0.1, 0.15) is 5.69 Å². The summed E-state index contributed by atoms with van der Waals surface area (Å²) in [7, 11) is 1.98. The third-order valence-electron chi connectivity index (χ3n) is 2.23. The maximum absolute atomic E-state index is 5.51. The maximum Gasteiger partial charge on any atom is 0.159 e. The first-order valence-electron chi connectivity index (χ1n) is 4.86. The van der Waals surface area contributed by atoms with Crippen molar-refractivity contribution in [3.8, 4) is 11.5 Å². The van der Waals surface area contributed by atoms with E-state index in [-0.39, 0.29) is 0 Å². The molecular weight excluding hydrogens is 208 g/mol. The predicted octanol–water partition coefficient (Wildman–Crippen LogP) is 1.35. The van der Waals surface area contributed by atoms with Gasteiger partial charge in [0.15, 0.2) is 5.82 Å². The monoisotopic (exact) mass is 222 g/mol. The zero-order chi connectivity index (χ0) is 10.8. The number of nitrogens with two attached hydrogens (primary N) is 1. The van der Waals surface area contributed by atoms with Crippen LogP contribution in [0.5, 0.6) is 0 Å². The fourth-order valence-electron chi connectivity index (χ4n) is 1.48. The van der Waals surface area contributed by atoms with Crippen molar-refractivity contribution in [3.63, 3.8) is 0 Å². The van der Waals surface area contributed by atoms with E-state index in [1.165, 1.54) is 4.88 Å². The molecule has 0 aliphatic heterocycles. The lowest BCUT2D eigenvalue weighted by atomic mass is 10.3. The number of thiazole rings is 1. The minimum atomic E-state index is 0.646. The molecule has 2 N–H and O–H groups in total. The first kappa shape index (κ1) is 10.3. The Kier molecular flexibility index (Phi) is 2.83. The molecule has 0 aliphatic carbocycles. The predicted molar refractivity (Wildman–Crippen MR) is 61.8 cm³/mol.